The van der Waals surface area contributed by atoms with E-state index < -0.39 is 0 Å². The number of rotatable bonds is 2. The lowest BCUT2D eigenvalue weighted by Crippen LogP contribution is -2.00. The molecule has 0 saturated carbocycles. The third kappa shape index (κ3) is 1.42. The molecule has 0 amide bonds. The van der Waals surface area contributed by atoms with Crippen LogP contribution in [0.15, 0.2) is 6.07 Å². The Balaban J connectivity index is 2.67. The number of Topliss-reactive ketones (excluding diaryl/α,β-unsaturated/α-hetero) is 1. The molecule has 1 aliphatic rings. The lowest BCUT2D eigenvalue weighted by molar-refractivity contribution is 0.101. The Labute approximate surface area is 87.4 Å². The lowest BCUT2D eigenvalue weighted by Gasteiger charge is -2.09. The largest absolute Gasteiger partial charge is 0.504 e. The molecule has 0 aliphatic carbocycles. The molecule has 1 aromatic rings. The summed E-state index contributed by atoms with van der Waals surface area (Å²) < 4.78 is 10.3. The van der Waals surface area contributed by atoms with Gasteiger partial charge < -0.3 is 14.6 Å². The van der Waals surface area contributed by atoms with Gasteiger partial charge in [0.25, 0.3) is 0 Å². The van der Waals surface area contributed by atoms with Crippen LogP contribution in [-0.4, -0.2) is 17.7 Å². The number of ketones is 1. The number of phenolic OH excluding ortho intramolecular Hbond substituents is 1. The minimum atomic E-state index is -0.164. The molecule has 1 N–H and O–H groups in total. The predicted molar refractivity (Wildman–Crippen MR) is 53.6 cm³/mol. The second kappa shape index (κ2) is 3.46. The highest BCUT2D eigenvalue weighted by molar-refractivity contribution is 5.99. The SMILES string of the molecule is CCc1cc2c(c(O)c1C(C)=O)OCO2. The first kappa shape index (κ1) is 9.83. The maximum absolute atomic E-state index is 11.4. The number of carbonyl (C=O) groups excluding carboxylic acids is 1. The first-order valence-electron chi connectivity index (χ1n) is 4.80. The standard InChI is InChI=1S/C11H12O4/c1-3-7-4-8-11(15-5-14-8)10(13)9(7)6(2)12/h4,13H,3,5H2,1-2H3. The van der Waals surface area contributed by atoms with Crippen molar-refractivity contribution in [3.8, 4) is 17.2 Å². The molecule has 1 aromatic carbocycles. The molecule has 2 rings (SSSR count). The average molecular weight is 208 g/mol. The van der Waals surface area contributed by atoms with E-state index in [-0.39, 0.29) is 24.1 Å². The van der Waals surface area contributed by atoms with Crippen LogP contribution in [0, 0.1) is 0 Å². The van der Waals surface area contributed by atoms with Crippen molar-refractivity contribution in [3.05, 3.63) is 17.2 Å². The maximum Gasteiger partial charge on any atom is 0.231 e. The van der Waals surface area contributed by atoms with Crippen LogP contribution in [0.1, 0.15) is 29.8 Å². The van der Waals surface area contributed by atoms with E-state index >= 15 is 0 Å². The Kier molecular flexibility index (Phi) is 2.26. The molecule has 1 aliphatic heterocycles. The summed E-state index contributed by atoms with van der Waals surface area (Å²) in [6.07, 6.45) is 0.666. The van der Waals surface area contributed by atoms with Crippen LogP contribution in [0.3, 0.4) is 0 Å². The minimum absolute atomic E-state index is 0.0907. The Morgan fingerprint density at radius 2 is 2.27 bits per heavy atom. The summed E-state index contributed by atoms with van der Waals surface area (Å²) in [6.45, 7) is 3.44. The fourth-order valence-corrected chi connectivity index (χ4v) is 1.75. The van der Waals surface area contributed by atoms with Crippen LogP contribution in [0.4, 0.5) is 0 Å². The fraction of sp³-hybridized carbons (Fsp3) is 0.364. The van der Waals surface area contributed by atoms with Crippen molar-refractivity contribution in [2.24, 2.45) is 0 Å². The molecule has 0 saturated heterocycles. The van der Waals surface area contributed by atoms with Gasteiger partial charge in [-0.05, 0) is 25.0 Å². The Morgan fingerprint density at radius 1 is 1.53 bits per heavy atom. The molecule has 0 spiro atoms. The second-order valence-corrected chi connectivity index (χ2v) is 3.40. The van der Waals surface area contributed by atoms with E-state index in [2.05, 4.69) is 0 Å². The van der Waals surface area contributed by atoms with Gasteiger partial charge in [-0.3, -0.25) is 4.79 Å². The molecular weight excluding hydrogens is 196 g/mol. The van der Waals surface area contributed by atoms with Crippen molar-refractivity contribution in [2.75, 3.05) is 6.79 Å². The lowest BCUT2D eigenvalue weighted by atomic mass is 10.00. The van der Waals surface area contributed by atoms with Gasteiger partial charge in [-0.1, -0.05) is 6.92 Å². The summed E-state index contributed by atoms with van der Waals surface area (Å²) in [6, 6.07) is 1.75. The number of fused-ring (bicyclic) bond motifs is 1. The third-order valence-electron chi connectivity index (χ3n) is 2.45. The molecule has 0 fully saturated rings. The minimum Gasteiger partial charge on any atom is -0.504 e. The van der Waals surface area contributed by atoms with Gasteiger partial charge in [0.1, 0.15) is 0 Å². The van der Waals surface area contributed by atoms with Crippen LogP contribution in [0.2, 0.25) is 0 Å². The van der Waals surface area contributed by atoms with E-state index in [1.165, 1.54) is 6.92 Å². The van der Waals surface area contributed by atoms with Gasteiger partial charge in [0.2, 0.25) is 12.5 Å². The number of hydrogen-bond acceptors (Lipinski definition) is 4. The van der Waals surface area contributed by atoms with Crippen molar-refractivity contribution in [2.45, 2.75) is 20.3 Å². The van der Waals surface area contributed by atoms with Crippen LogP contribution in [0.25, 0.3) is 0 Å². The number of carbonyl (C=O) groups is 1. The summed E-state index contributed by atoms with van der Waals surface area (Å²) in [5.41, 5.74) is 1.12. The maximum atomic E-state index is 11.4. The molecule has 0 aromatic heterocycles. The molecule has 15 heavy (non-hydrogen) atoms. The zero-order valence-electron chi connectivity index (χ0n) is 8.66. The fourth-order valence-electron chi connectivity index (χ4n) is 1.75. The average Bonchev–Trinajstić information content (AvgIpc) is 2.64. The van der Waals surface area contributed by atoms with Gasteiger partial charge >= 0.3 is 0 Å². The predicted octanol–water partition coefficient (Wildman–Crippen LogP) is 1.89. The monoisotopic (exact) mass is 208 g/mol. The number of hydrogen-bond donors (Lipinski definition) is 1. The molecular formula is C11H12O4. The van der Waals surface area contributed by atoms with E-state index in [4.69, 9.17) is 9.47 Å². The van der Waals surface area contributed by atoms with E-state index in [1.807, 2.05) is 6.92 Å². The summed E-state index contributed by atoms with van der Waals surface area (Å²) in [5, 5.41) is 9.87. The molecule has 0 unspecified atom stereocenters. The first-order chi connectivity index (χ1) is 7.15. The second-order valence-electron chi connectivity index (χ2n) is 3.40. The third-order valence-corrected chi connectivity index (χ3v) is 2.45. The molecule has 80 valence electrons. The van der Waals surface area contributed by atoms with E-state index in [0.717, 1.165) is 5.56 Å². The van der Waals surface area contributed by atoms with Crippen LogP contribution >= 0.6 is 0 Å². The molecule has 0 radical (unpaired) electrons. The van der Waals surface area contributed by atoms with Crippen molar-refractivity contribution in [1.82, 2.24) is 0 Å². The molecule has 4 heteroatoms. The van der Waals surface area contributed by atoms with Crippen LogP contribution in [0.5, 0.6) is 17.2 Å². The summed E-state index contributed by atoms with van der Waals surface area (Å²) in [4.78, 5) is 11.4. The van der Waals surface area contributed by atoms with Gasteiger partial charge in [0, 0.05) is 0 Å². The topological polar surface area (TPSA) is 55.8 Å². The molecule has 0 bridgehead atoms. The zero-order chi connectivity index (χ0) is 11.0. The van der Waals surface area contributed by atoms with Crippen LogP contribution in [-0.2, 0) is 6.42 Å². The normalized spacial score (nSPS) is 12.9. The van der Waals surface area contributed by atoms with E-state index in [1.54, 1.807) is 6.07 Å². The summed E-state index contributed by atoms with van der Waals surface area (Å²) >= 11 is 0. The number of benzene rings is 1. The van der Waals surface area contributed by atoms with Gasteiger partial charge in [0.05, 0.1) is 5.56 Å². The van der Waals surface area contributed by atoms with Gasteiger partial charge in [-0.25, -0.2) is 0 Å². The highest BCUT2D eigenvalue weighted by Gasteiger charge is 2.25. The highest BCUT2D eigenvalue weighted by Crippen LogP contribution is 2.44. The van der Waals surface area contributed by atoms with E-state index in [0.29, 0.717) is 17.7 Å². The Bertz CT molecular complexity index is 423. The molecule has 1 heterocycles. The van der Waals surface area contributed by atoms with Crippen molar-refractivity contribution in [1.29, 1.82) is 0 Å². The number of aromatic hydroxyl groups is 1. The summed E-state index contributed by atoms with van der Waals surface area (Å²) in [5.74, 6) is 0.517. The summed E-state index contributed by atoms with van der Waals surface area (Å²) in [7, 11) is 0. The van der Waals surface area contributed by atoms with Crippen molar-refractivity contribution in [3.63, 3.8) is 0 Å². The Hall–Kier alpha value is -1.71. The van der Waals surface area contributed by atoms with Gasteiger partial charge in [-0.2, -0.15) is 0 Å². The van der Waals surface area contributed by atoms with Gasteiger partial charge in [0.15, 0.2) is 17.3 Å². The number of phenols is 1. The quantitative estimate of drug-likeness (QED) is 0.754. The van der Waals surface area contributed by atoms with Crippen molar-refractivity contribution >= 4 is 5.78 Å². The van der Waals surface area contributed by atoms with Gasteiger partial charge in [-0.15, -0.1) is 0 Å². The highest BCUT2D eigenvalue weighted by atomic mass is 16.7. The first-order valence-corrected chi connectivity index (χ1v) is 4.80. The van der Waals surface area contributed by atoms with Crippen molar-refractivity contribution < 1.29 is 19.4 Å². The number of aryl methyl sites for hydroxylation is 1. The molecule has 4 nitrogen and oxygen atoms in total. The smallest absolute Gasteiger partial charge is 0.231 e. The Morgan fingerprint density at radius 3 is 2.87 bits per heavy atom. The molecule has 0 atom stereocenters. The zero-order valence-corrected chi connectivity index (χ0v) is 8.66. The van der Waals surface area contributed by atoms with E-state index in [9.17, 15) is 9.90 Å². The van der Waals surface area contributed by atoms with Crippen LogP contribution < -0.4 is 9.47 Å². The number of ether oxygens (including phenoxy) is 2.